The van der Waals surface area contributed by atoms with E-state index in [0.29, 0.717) is 45.2 Å². The molecule has 7 rings (SSSR count). The van der Waals surface area contributed by atoms with Crippen molar-refractivity contribution in [3.05, 3.63) is 157 Å². The van der Waals surface area contributed by atoms with Crippen LogP contribution in [0.2, 0.25) is 0 Å². The zero-order valence-electron chi connectivity index (χ0n) is 30.9. The van der Waals surface area contributed by atoms with Crippen LogP contribution in [0, 0.1) is 0 Å². The average Bonchev–Trinajstić information content (AvgIpc) is 3.75. The van der Waals surface area contributed by atoms with E-state index < -0.39 is 18.0 Å². The highest BCUT2D eigenvalue weighted by molar-refractivity contribution is 7.07. The van der Waals surface area contributed by atoms with Crippen LogP contribution < -0.4 is 24.4 Å². The number of rotatable bonds is 12. The maximum atomic E-state index is 14.7. The van der Waals surface area contributed by atoms with Crippen molar-refractivity contribution in [1.82, 2.24) is 9.13 Å². The molecule has 0 saturated heterocycles. The average molecular weight is 754 g/mol. The molecular formula is C44H39N3O7S. The molecule has 2 aromatic heterocycles. The molecule has 278 valence electrons. The van der Waals surface area contributed by atoms with Crippen LogP contribution in [-0.4, -0.2) is 48.0 Å². The van der Waals surface area contributed by atoms with Gasteiger partial charge in [0.15, 0.2) is 16.3 Å². The Morgan fingerprint density at radius 3 is 2.11 bits per heavy atom. The number of carbonyl (C=O) groups is 2. The minimum Gasteiger partial charge on any atom is -0.490 e. The van der Waals surface area contributed by atoms with E-state index in [-0.39, 0.29) is 17.7 Å². The number of hydrogen-bond acceptors (Lipinski definition) is 9. The number of benzene rings is 4. The van der Waals surface area contributed by atoms with Gasteiger partial charge < -0.3 is 23.5 Å². The fourth-order valence-electron chi connectivity index (χ4n) is 6.71. The van der Waals surface area contributed by atoms with Crippen LogP contribution in [0.5, 0.6) is 11.5 Å². The molecular weight excluding hydrogens is 715 g/mol. The molecule has 1 atom stereocenters. The Hall–Kier alpha value is -6.46. The molecule has 0 N–H and O–H groups in total. The first kappa shape index (κ1) is 36.9. The molecule has 0 unspecified atom stereocenters. The summed E-state index contributed by atoms with van der Waals surface area (Å²) in [6.07, 6.45) is 3.35. The Kier molecular flexibility index (Phi) is 10.9. The molecule has 6 aromatic rings. The second kappa shape index (κ2) is 16.3. The lowest BCUT2D eigenvalue weighted by Crippen LogP contribution is -2.39. The molecule has 0 spiro atoms. The lowest BCUT2D eigenvalue weighted by molar-refractivity contribution is -0.136. The van der Waals surface area contributed by atoms with Crippen molar-refractivity contribution in [3.8, 4) is 39.7 Å². The van der Waals surface area contributed by atoms with E-state index in [0.717, 1.165) is 33.8 Å². The Morgan fingerprint density at radius 2 is 1.45 bits per heavy atom. The van der Waals surface area contributed by atoms with Crippen molar-refractivity contribution in [2.24, 2.45) is 4.99 Å². The van der Waals surface area contributed by atoms with E-state index in [4.69, 9.17) is 18.9 Å². The summed E-state index contributed by atoms with van der Waals surface area (Å²) < 4.78 is 26.2. The minimum absolute atomic E-state index is 0.210. The van der Waals surface area contributed by atoms with Crippen LogP contribution in [-0.2, 0) is 14.3 Å². The van der Waals surface area contributed by atoms with Crippen molar-refractivity contribution >= 4 is 29.4 Å². The largest absolute Gasteiger partial charge is 0.490 e. The smallest absolute Gasteiger partial charge is 0.338 e. The van der Waals surface area contributed by atoms with Gasteiger partial charge in [0, 0.05) is 17.5 Å². The van der Waals surface area contributed by atoms with E-state index in [9.17, 15) is 14.4 Å². The van der Waals surface area contributed by atoms with Crippen LogP contribution in [0.25, 0.3) is 34.3 Å². The van der Waals surface area contributed by atoms with Crippen molar-refractivity contribution in [2.75, 3.05) is 26.9 Å². The highest BCUT2D eigenvalue weighted by Crippen LogP contribution is 2.38. The standard InChI is InChI=1S/C44H39N3O7S/c1-5-52-36-23-20-31(25-37(36)53-6-2)40-34(43(50)51-4)27-45-44-47(40)41(48)38(55-44)26-32-24-35(28-14-10-8-11-15-28)46(39(32)29-16-12-9-13-17-29)33-21-18-30(19-22-33)42(49)54-7-3/h8-27,40H,5-7H2,1-4H3/b38-26+/t40-/m0/s1. The van der Waals surface area contributed by atoms with Crippen LogP contribution in [0.1, 0.15) is 48.3 Å². The van der Waals surface area contributed by atoms with E-state index in [1.54, 1.807) is 35.8 Å². The summed E-state index contributed by atoms with van der Waals surface area (Å²) in [7, 11) is 1.31. The van der Waals surface area contributed by atoms with Crippen molar-refractivity contribution in [2.45, 2.75) is 26.8 Å². The normalized spacial score (nSPS) is 13.7. The molecule has 1 aliphatic heterocycles. The predicted molar refractivity (Wildman–Crippen MR) is 213 cm³/mol. The summed E-state index contributed by atoms with van der Waals surface area (Å²) >= 11 is 1.24. The first-order valence-corrected chi connectivity index (χ1v) is 18.8. The van der Waals surface area contributed by atoms with Gasteiger partial charge in [0.2, 0.25) is 0 Å². The third kappa shape index (κ3) is 7.26. The van der Waals surface area contributed by atoms with Gasteiger partial charge >= 0.3 is 11.9 Å². The lowest BCUT2D eigenvalue weighted by atomic mass is 9.97. The Bertz CT molecular complexity index is 2570. The maximum Gasteiger partial charge on any atom is 0.338 e. The molecule has 0 aliphatic carbocycles. The second-order valence-electron chi connectivity index (χ2n) is 12.4. The second-order valence-corrected chi connectivity index (χ2v) is 13.4. The van der Waals surface area contributed by atoms with Crippen LogP contribution >= 0.6 is 11.3 Å². The summed E-state index contributed by atoms with van der Waals surface area (Å²) in [5.74, 6) is 0.0755. The summed E-state index contributed by atoms with van der Waals surface area (Å²) in [6.45, 7) is 6.67. The third-order valence-corrected chi connectivity index (χ3v) is 10.1. The predicted octanol–water partition coefficient (Wildman–Crippen LogP) is 7.12. The summed E-state index contributed by atoms with van der Waals surface area (Å²) in [6, 6.07) is 33.9. The van der Waals surface area contributed by atoms with Crippen molar-refractivity contribution in [1.29, 1.82) is 0 Å². The van der Waals surface area contributed by atoms with Gasteiger partial charge in [0.05, 0.1) is 60.0 Å². The number of fused-ring (bicyclic) bond motifs is 1. The molecule has 10 nitrogen and oxygen atoms in total. The highest BCUT2D eigenvalue weighted by atomic mass is 32.1. The van der Waals surface area contributed by atoms with Gasteiger partial charge in [-0.15, -0.1) is 0 Å². The van der Waals surface area contributed by atoms with Gasteiger partial charge in [-0.25, -0.2) is 14.6 Å². The maximum absolute atomic E-state index is 14.7. The van der Waals surface area contributed by atoms with Gasteiger partial charge in [-0.3, -0.25) is 9.36 Å². The topological polar surface area (TPSA) is 110 Å². The van der Waals surface area contributed by atoms with Gasteiger partial charge in [0.25, 0.3) is 5.56 Å². The van der Waals surface area contributed by atoms with E-state index in [1.165, 1.54) is 24.6 Å². The van der Waals surface area contributed by atoms with E-state index >= 15 is 0 Å². The van der Waals surface area contributed by atoms with Gasteiger partial charge in [0.1, 0.15) is 0 Å². The highest BCUT2D eigenvalue weighted by Gasteiger charge is 2.32. The fraction of sp³-hybridized carbons (Fsp3) is 0.182. The summed E-state index contributed by atoms with van der Waals surface area (Å²) in [5.41, 5.74) is 6.18. The number of aromatic nitrogens is 2. The van der Waals surface area contributed by atoms with E-state index in [2.05, 4.69) is 15.6 Å². The number of ether oxygens (including phenoxy) is 4. The summed E-state index contributed by atoms with van der Waals surface area (Å²) in [4.78, 5) is 45.4. The Morgan fingerprint density at radius 1 is 0.782 bits per heavy atom. The molecule has 0 amide bonds. The first-order chi connectivity index (χ1) is 26.9. The first-order valence-electron chi connectivity index (χ1n) is 18.0. The third-order valence-electron chi connectivity index (χ3n) is 9.08. The van der Waals surface area contributed by atoms with Crippen molar-refractivity contribution < 1.29 is 28.5 Å². The van der Waals surface area contributed by atoms with Gasteiger partial charge in [-0.1, -0.05) is 78.1 Å². The van der Waals surface area contributed by atoms with Crippen LogP contribution in [0.4, 0.5) is 0 Å². The quantitative estimate of drug-likeness (QED) is 0.123. The van der Waals surface area contributed by atoms with Crippen molar-refractivity contribution in [3.63, 3.8) is 0 Å². The molecule has 4 aromatic carbocycles. The molecule has 0 radical (unpaired) electrons. The monoisotopic (exact) mass is 753 g/mol. The van der Waals surface area contributed by atoms with Gasteiger partial charge in [-0.2, -0.15) is 0 Å². The molecule has 0 bridgehead atoms. The zero-order chi connectivity index (χ0) is 38.5. The number of methoxy groups -OCH3 is 1. The SMILES string of the molecule is CCOC(=O)c1ccc(-n2c(-c3ccccc3)cc(/C=c3/sc4n(c3=O)[C@@H](c3ccc(OCC)c(OCC)c3)C(C(=O)OC)=CN=4)c2-c2ccccc2)cc1. The van der Waals surface area contributed by atoms with Gasteiger partial charge in [-0.05, 0) is 86.0 Å². The zero-order valence-corrected chi connectivity index (χ0v) is 31.7. The molecule has 1 aliphatic rings. The Balaban J connectivity index is 1.46. The lowest BCUT2D eigenvalue weighted by Gasteiger charge is -2.23. The number of esters is 2. The van der Waals surface area contributed by atoms with Crippen LogP contribution in [0.3, 0.4) is 0 Å². The van der Waals surface area contributed by atoms with E-state index in [1.807, 2.05) is 98.8 Å². The number of thiazole rings is 1. The summed E-state index contributed by atoms with van der Waals surface area (Å²) in [5, 5.41) is 0. The number of nitrogens with zero attached hydrogens (tertiary/aromatic N) is 3. The van der Waals surface area contributed by atoms with Crippen LogP contribution in [0.15, 0.2) is 131 Å². The molecule has 3 heterocycles. The minimum atomic E-state index is -0.836. The fourth-order valence-corrected chi connectivity index (χ4v) is 7.67. The number of carbonyl (C=O) groups excluding carboxylic acids is 2. The molecule has 0 fully saturated rings. The number of hydrogen-bond donors (Lipinski definition) is 0. The molecule has 55 heavy (non-hydrogen) atoms. The molecule has 0 saturated carbocycles. The molecule has 11 heteroatoms. The Labute approximate surface area is 321 Å².